The quantitative estimate of drug-likeness (QED) is 0.874. The minimum atomic E-state index is 0.316. The lowest BCUT2D eigenvalue weighted by molar-refractivity contribution is 0.0998. The first-order chi connectivity index (χ1) is 9.11. The molecule has 1 saturated heterocycles. The summed E-state index contributed by atoms with van der Waals surface area (Å²) < 4.78 is 5.70. The van der Waals surface area contributed by atoms with E-state index < -0.39 is 0 Å². The summed E-state index contributed by atoms with van der Waals surface area (Å²) in [5, 5.41) is 4.26. The summed E-state index contributed by atoms with van der Waals surface area (Å²) in [6, 6.07) is 4.60. The Morgan fingerprint density at radius 2 is 2.11 bits per heavy atom. The van der Waals surface area contributed by atoms with Crippen molar-refractivity contribution >= 4 is 11.6 Å². The maximum atomic E-state index is 6.40. The molecule has 0 saturated carbocycles. The van der Waals surface area contributed by atoms with Gasteiger partial charge in [-0.3, -0.25) is 0 Å². The first-order valence-corrected chi connectivity index (χ1v) is 7.55. The molecule has 1 aromatic rings. The van der Waals surface area contributed by atoms with Gasteiger partial charge in [0.1, 0.15) is 0 Å². The smallest absolute Gasteiger partial charge is 0.0576 e. The van der Waals surface area contributed by atoms with Gasteiger partial charge in [-0.2, -0.15) is 0 Å². The Morgan fingerprint density at radius 3 is 2.74 bits per heavy atom. The van der Waals surface area contributed by atoms with Crippen molar-refractivity contribution in [2.75, 3.05) is 13.7 Å². The highest BCUT2D eigenvalue weighted by Crippen LogP contribution is 2.30. The standard InChI is InChI=1S/C16H24ClNO/c1-11-9-14(15(17)10-12(11)2)16(18-3)7-6-13-5-4-8-19-13/h9-10,13,16,18H,4-8H2,1-3H3. The van der Waals surface area contributed by atoms with Crippen LogP contribution >= 0.6 is 11.6 Å². The highest BCUT2D eigenvalue weighted by atomic mass is 35.5. The van der Waals surface area contributed by atoms with Gasteiger partial charge >= 0.3 is 0 Å². The van der Waals surface area contributed by atoms with E-state index in [-0.39, 0.29) is 0 Å². The normalized spacial score (nSPS) is 20.7. The third-order valence-corrected chi connectivity index (χ3v) is 4.47. The van der Waals surface area contributed by atoms with Crippen LogP contribution in [-0.4, -0.2) is 19.8 Å². The fourth-order valence-corrected chi connectivity index (χ4v) is 3.10. The van der Waals surface area contributed by atoms with Crippen molar-refractivity contribution in [1.82, 2.24) is 5.32 Å². The number of ether oxygens (including phenoxy) is 1. The lowest BCUT2D eigenvalue weighted by Gasteiger charge is -2.21. The van der Waals surface area contributed by atoms with Gasteiger partial charge < -0.3 is 10.1 Å². The summed E-state index contributed by atoms with van der Waals surface area (Å²) >= 11 is 6.40. The van der Waals surface area contributed by atoms with E-state index in [1.807, 2.05) is 7.05 Å². The summed E-state index contributed by atoms with van der Waals surface area (Å²) in [6.45, 7) is 5.17. The molecule has 0 amide bonds. The van der Waals surface area contributed by atoms with Gasteiger partial charge in [-0.05, 0) is 69.3 Å². The molecule has 1 aliphatic rings. The van der Waals surface area contributed by atoms with E-state index in [0.717, 1.165) is 24.5 Å². The van der Waals surface area contributed by atoms with Crippen molar-refractivity contribution in [3.05, 3.63) is 33.8 Å². The molecule has 106 valence electrons. The predicted octanol–water partition coefficient (Wildman–Crippen LogP) is 4.18. The highest BCUT2D eigenvalue weighted by molar-refractivity contribution is 6.31. The molecule has 1 heterocycles. The fourth-order valence-electron chi connectivity index (χ4n) is 2.75. The fraction of sp³-hybridized carbons (Fsp3) is 0.625. The minimum Gasteiger partial charge on any atom is -0.378 e. The van der Waals surface area contributed by atoms with Crippen molar-refractivity contribution in [2.24, 2.45) is 0 Å². The van der Waals surface area contributed by atoms with Crippen molar-refractivity contribution in [1.29, 1.82) is 0 Å². The van der Waals surface area contributed by atoms with Gasteiger partial charge in [-0.15, -0.1) is 0 Å². The van der Waals surface area contributed by atoms with E-state index in [4.69, 9.17) is 16.3 Å². The Bertz CT molecular complexity index is 427. The molecule has 2 unspecified atom stereocenters. The Labute approximate surface area is 121 Å². The Kier molecular flexibility index (Phi) is 5.26. The summed E-state index contributed by atoms with van der Waals surface area (Å²) in [7, 11) is 2.01. The van der Waals surface area contributed by atoms with Crippen LogP contribution in [0.15, 0.2) is 12.1 Å². The van der Waals surface area contributed by atoms with E-state index in [9.17, 15) is 0 Å². The van der Waals surface area contributed by atoms with E-state index in [0.29, 0.717) is 12.1 Å². The largest absolute Gasteiger partial charge is 0.378 e. The second-order valence-electron chi connectivity index (χ2n) is 5.51. The SMILES string of the molecule is CNC(CCC1CCCO1)c1cc(C)c(C)cc1Cl. The van der Waals surface area contributed by atoms with Crippen LogP contribution in [0.2, 0.25) is 5.02 Å². The molecule has 0 radical (unpaired) electrons. The number of hydrogen-bond acceptors (Lipinski definition) is 2. The third kappa shape index (κ3) is 3.71. The Hall–Kier alpha value is -0.570. The molecule has 0 bridgehead atoms. The van der Waals surface area contributed by atoms with Gasteiger partial charge in [0.2, 0.25) is 0 Å². The van der Waals surface area contributed by atoms with E-state index in [1.165, 1.54) is 29.5 Å². The number of nitrogens with one attached hydrogen (secondary N) is 1. The zero-order valence-corrected chi connectivity index (χ0v) is 12.9. The molecule has 1 aromatic carbocycles. The lowest BCUT2D eigenvalue weighted by Crippen LogP contribution is -2.19. The van der Waals surface area contributed by atoms with Gasteiger partial charge in [-0.25, -0.2) is 0 Å². The van der Waals surface area contributed by atoms with Crippen LogP contribution in [-0.2, 0) is 4.74 Å². The van der Waals surface area contributed by atoms with Crippen LogP contribution in [0.25, 0.3) is 0 Å². The molecule has 19 heavy (non-hydrogen) atoms. The van der Waals surface area contributed by atoms with Crippen molar-refractivity contribution in [3.8, 4) is 0 Å². The van der Waals surface area contributed by atoms with Gasteiger partial charge in [0.15, 0.2) is 0 Å². The lowest BCUT2D eigenvalue weighted by atomic mass is 9.96. The molecule has 0 aromatic heterocycles. The molecule has 0 aliphatic carbocycles. The first-order valence-electron chi connectivity index (χ1n) is 7.17. The average Bonchev–Trinajstić information content (AvgIpc) is 2.89. The Morgan fingerprint density at radius 1 is 1.37 bits per heavy atom. The zero-order chi connectivity index (χ0) is 13.8. The molecular formula is C16H24ClNO. The van der Waals surface area contributed by atoms with Crippen LogP contribution in [0.3, 0.4) is 0 Å². The number of benzene rings is 1. The maximum Gasteiger partial charge on any atom is 0.0576 e. The van der Waals surface area contributed by atoms with Gasteiger partial charge in [0.05, 0.1) is 6.10 Å². The predicted molar refractivity (Wildman–Crippen MR) is 80.9 cm³/mol. The summed E-state index contributed by atoms with van der Waals surface area (Å²) in [5.41, 5.74) is 3.77. The van der Waals surface area contributed by atoms with Crippen molar-refractivity contribution in [3.63, 3.8) is 0 Å². The third-order valence-electron chi connectivity index (χ3n) is 4.14. The maximum absolute atomic E-state index is 6.40. The topological polar surface area (TPSA) is 21.3 Å². The number of rotatable bonds is 5. The average molecular weight is 282 g/mol. The van der Waals surface area contributed by atoms with Crippen LogP contribution in [0, 0.1) is 13.8 Å². The van der Waals surface area contributed by atoms with Gasteiger partial charge in [-0.1, -0.05) is 17.7 Å². The van der Waals surface area contributed by atoms with Gasteiger partial charge in [0, 0.05) is 17.7 Å². The number of hydrogen-bond donors (Lipinski definition) is 1. The molecular weight excluding hydrogens is 258 g/mol. The molecule has 2 nitrogen and oxygen atoms in total. The van der Waals surface area contributed by atoms with Crippen LogP contribution in [0.5, 0.6) is 0 Å². The second kappa shape index (κ2) is 6.74. The molecule has 2 atom stereocenters. The molecule has 2 rings (SSSR count). The van der Waals surface area contributed by atoms with Gasteiger partial charge in [0.25, 0.3) is 0 Å². The molecule has 0 spiro atoms. The number of halogens is 1. The summed E-state index contributed by atoms with van der Waals surface area (Å²) in [4.78, 5) is 0. The van der Waals surface area contributed by atoms with Crippen molar-refractivity contribution < 1.29 is 4.74 Å². The number of aryl methyl sites for hydroxylation is 2. The van der Waals surface area contributed by atoms with Crippen LogP contribution in [0.4, 0.5) is 0 Å². The van der Waals surface area contributed by atoms with Crippen LogP contribution < -0.4 is 5.32 Å². The molecule has 3 heteroatoms. The molecule has 1 fully saturated rings. The monoisotopic (exact) mass is 281 g/mol. The second-order valence-corrected chi connectivity index (χ2v) is 5.92. The van der Waals surface area contributed by atoms with E-state index >= 15 is 0 Å². The summed E-state index contributed by atoms with van der Waals surface area (Å²) in [6.07, 6.45) is 5.04. The highest BCUT2D eigenvalue weighted by Gasteiger charge is 2.19. The van der Waals surface area contributed by atoms with Crippen molar-refractivity contribution in [2.45, 2.75) is 51.7 Å². The van der Waals surface area contributed by atoms with E-state index in [2.05, 4.69) is 31.3 Å². The minimum absolute atomic E-state index is 0.316. The first kappa shape index (κ1) is 14.8. The van der Waals surface area contributed by atoms with E-state index in [1.54, 1.807) is 0 Å². The summed E-state index contributed by atoms with van der Waals surface area (Å²) in [5.74, 6) is 0. The Balaban J connectivity index is 2.05. The zero-order valence-electron chi connectivity index (χ0n) is 12.1. The molecule has 1 N–H and O–H groups in total. The van der Waals surface area contributed by atoms with Crippen LogP contribution in [0.1, 0.15) is 48.4 Å². The molecule has 1 aliphatic heterocycles.